The van der Waals surface area contributed by atoms with E-state index >= 15 is 0 Å². The van der Waals surface area contributed by atoms with Crippen molar-refractivity contribution in [2.45, 2.75) is 26.4 Å². The second-order valence-corrected chi connectivity index (χ2v) is 5.47. The summed E-state index contributed by atoms with van der Waals surface area (Å²) in [6.45, 7) is 6.45. The molecular weight excluding hydrogens is 326 g/mol. The van der Waals surface area contributed by atoms with E-state index in [1.165, 1.54) is 0 Å². The van der Waals surface area contributed by atoms with Crippen LogP contribution in [-0.4, -0.2) is 30.4 Å². The third-order valence-corrected chi connectivity index (χ3v) is 2.40. The van der Waals surface area contributed by atoms with Crippen LogP contribution in [0.2, 0.25) is 0 Å². The number of carbonyl (C=O) groups is 1. The van der Waals surface area contributed by atoms with Gasteiger partial charge in [-0.2, -0.15) is 0 Å². The first-order valence-electron chi connectivity index (χ1n) is 6.27. The number of anilines is 1. The Balaban J connectivity index is 2.40. The van der Waals surface area contributed by atoms with E-state index in [0.717, 1.165) is 5.75 Å². The van der Waals surface area contributed by atoms with Crippen molar-refractivity contribution in [1.29, 1.82) is 0 Å². The zero-order valence-electron chi connectivity index (χ0n) is 11.9. The van der Waals surface area contributed by atoms with E-state index in [9.17, 15) is 4.79 Å². The third kappa shape index (κ3) is 7.35. The van der Waals surface area contributed by atoms with Gasteiger partial charge in [0.2, 0.25) is 0 Å². The molecule has 0 aliphatic carbocycles. The lowest BCUT2D eigenvalue weighted by Crippen LogP contribution is -2.27. The minimum atomic E-state index is -0.511. The number of amides is 1. The van der Waals surface area contributed by atoms with Crippen molar-refractivity contribution in [3.63, 3.8) is 0 Å². The average Bonchev–Trinajstić information content (AvgIpc) is 2.34. The normalized spacial score (nSPS) is 11.0. The van der Waals surface area contributed by atoms with E-state index in [1.54, 1.807) is 24.3 Å². The summed E-state index contributed by atoms with van der Waals surface area (Å²) in [6, 6.07) is 7.07. The number of benzene rings is 1. The Bertz CT molecular complexity index is 414. The van der Waals surface area contributed by atoms with Crippen molar-refractivity contribution in [3.8, 4) is 5.75 Å². The molecule has 0 bridgehead atoms. The van der Waals surface area contributed by atoms with Crippen LogP contribution in [0.25, 0.3) is 0 Å². The van der Waals surface area contributed by atoms with Crippen LogP contribution < -0.4 is 10.1 Å². The Morgan fingerprint density at radius 2 is 1.85 bits per heavy atom. The maximum Gasteiger partial charge on any atom is 0.412 e. The van der Waals surface area contributed by atoms with Crippen molar-refractivity contribution in [2.75, 3.05) is 24.0 Å². The van der Waals surface area contributed by atoms with Crippen LogP contribution in [0.1, 0.15) is 20.8 Å². The van der Waals surface area contributed by atoms with Gasteiger partial charge in [0.1, 0.15) is 23.5 Å². The molecule has 0 aliphatic heterocycles. The topological polar surface area (TPSA) is 56.8 Å². The maximum atomic E-state index is 11.6. The van der Waals surface area contributed by atoms with E-state index in [0.29, 0.717) is 24.4 Å². The molecule has 0 spiro atoms. The van der Waals surface area contributed by atoms with Gasteiger partial charge >= 0.3 is 6.09 Å². The van der Waals surface area contributed by atoms with Crippen LogP contribution in [0.4, 0.5) is 10.5 Å². The molecule has 0 aromatic heterocycles. The molecule has 0 radical (unpaired) electrons. The van der Waals surface area contributed by atoms with Gasteiger partial charge in [0.05, 0.1) is 6.61 Å². The highest BCUT2D eigenvalue weighted by Crippen LogP contribution is 2.17. The number of alkyl halides is 1. The van der Waals surface area contributed by atoms with Crippen LogP contribution in [0.15, 0.2) is 24.3 Å². The van der Waals surface area contributed by atoms with Gasteiger partial charge in [0, 0.05) is 5.69 Å². The fourth-order valence-corrected chi connectivity index (χ4v) is 1.56. The average molecular weight is 346 g/mol. The molecule has 1 aromatic carbocycles. The number of carbonyl (C=O) groups excluding carboxylic acids is 1. The lowest BCUT2D eigenvalue weighted by molar-refractivity contribution is 0.0636. The van der Waals surface area contributed by atoms with Crippen LogP contribution in [-0.2, 0) is 9.47 Å². The molecule has 0 heterocycles. The molecule has 20 heavy (non-hydrogen) atoms. The second-order valence-electron chi connectivity index (χ2n) is 5.02. The Kier molecular flexibility index (Phi) is 6.81. The van der Waals surface area contributed by atoms with Crippen LogP contribution >= 0.6 is 15.9 Å². The molecular formula is C14H20BrNO4. The van der Waals surface area contributed by atoms with E-state index in [4.69, 9.17) is 14.2 Å². The first kappa shape index (κ1) is 16.8. The lowest BCUT2D eigenvalue weighted by Gasteiger charge is -2.19. The largest absolute Gasteiger partial charge is 0.491 e. The number of hydrogen-bond acceptors (Lipinski definition) is 4. The van der Waals surface area contributed by atoms with E-state index in [1.807, 2.05) is 20.8 Å². The maximum absolute atomic E-state index is 11.6. The monoisotopic (exact) mass is 345 g/mol. The summed E-state index contributed by atoms with van der Waals surface area (Å²) in [5, 5.41) is 2.65. The highest BCUT2D eigenvalue weighted by atomic mass is 79.9. The molecule has 1 amide bonds. The van der Waals surface area contributed by atoms with Gasteiger partial charge in [-0.15, -0.1) is 0 Å². The van der Waals surface area contributed by atoms with Crippen LogP contribution in [0.5, 0.6) is 5.75 Å². The summed E-state index contributed by atoms with van der Waals surface area (Å²) >= 11 is 3.16. The number of hydrogen-bond donors (Lipinski definition) is 1. The van der Waals surface area contributed by atoms with Crippen LogP contribution in [0.3, 0.4) is 0 Å². The molecule has 1 N–H and O–H groups in total. The Labute approximate surface area is 127 Å². The van der Waals surface area contributed by atoms with Crippen LogP contribution in [0, 0.1) is 0 Å². The first-order valence-corrected chi connectivity index (χ1v) is 7.39. The lowest BCUT2D eigenvalue weighted by atomic mass is 10.2. The third-order valence-electron chi connectivity index (χ3n) is 2.07. The number of halogens is 1. The highest BCUT2D eigenvalue weighted by molar-refractivity contribution is 9.09. The summed E-state index contributed by atoms with van der Waals surface area (Å²) in [6.07, 6.45) is -0.475. The Hall–Kier alpha value is -1.27. The number of ether oxygens (including phenoxy) is 3. The van der Waals surface area contributed by atoms with Crippen molar-refractivity contribution in [1.82, 2.24) is 0 Å². The molecule has 0 atom stereocenters. The summed E-state index contributed by atoms with van der Waals surface area (Å²) in [5.74, 6) is 0.720. The van der Waals surface area contributed by atoms with Gasteiger partial charge in [-0.05, 0) is 45.0 Å². The fraction of sp³-hybridized carbons (Fsp3) is 0.500. The molecule has 0 unspecified atom stereocenters. The van der Waals surface area contributed by atoms with E-state index in [-0.39, 0.29) is 0 Å². The predicted molar refractivity (Wildman–Crippen MR) is 81.5 cm³/mol. The Morgan fingerprint density at radius 3 is 2.40 bits per heavy atom. The van der Waals surface area contributed by atoms with Gasteiger partial charge in [-0.3, -0.25) is 5.32 Å². The molecule has 1 aromatic rings. The first-order chi connectivity index (χ1) is 9.40. The van der Waals surface area contributed by atoms with E-state index in [2.05, 4.69) is 21.2 Å². The highest BCUT2D eigenvalue weighted by Gasteiger charge is 2.15. The smallest absolute Gasteiger partial charge is 0.412 e. The van der Waals surface area contributed by atoms with Gasteiger partial charge in [-0.1, -0.05) is 15.9 Å². The predicted octanol–water partition coefficient (Wildman–Crippen LogP) is 3.78. The second kappa shape index (κ2) is 8.11. The van der Waals surface area contributed by atoms with Crippen molar-refractivity contribution in [2.24, 2.45) is 0 Å². The van der Waals surface area contributed by atoms with Crippen molar-refractivity contribution >= 4 is 27.7 Å². The summed E-state index contributed by atoms with van der Waals surface area (Å²) in [7, 11) is 0. The molecule has 0 saturated carbocycles. The molecule has 5 nitrogen and oxygen atoms in total. The molecule has 112 valence electrons. The number of nitrogens with one attached hydrogen (secondary N) is 1. The SMILES string of the molecule is CC(C)(C)OC(=O)Nc1ccc(OCCOCBr)cc1. The van der Waals surface area contributed by atoms with Gasteiger partial charge in [0.25, 0.3) is 0 Å². The molecule has 0 fully saturated rings. The molecule has 1 rings (SSSR count). The van der Waals surface area contributed by atoms with Gasteiger partial charge in [0.15, 0.2) is 0 Å². The molecule has 0 aliphatic rings. The zero-order chi connectivity index (χ0) is 15.0. The fourth-order valence-electron chi connectivity index (χ4n) is 1.33. The summed E-state index contributed by atoms with van der Waals surface area (Å²) < 4.78 is 15.7. The minimum Gasteiger partial charge on any atom is -0.491 e. The Morgan fingerprint density at radius 1 is 1.20 bits per heavy atom. The molecule has 6 heteroatoms. The quantitative estimate of drug-likeness (QED) is 0.629. The van der Waals surface area contributed by atoms with Gasteiger partial charge in [-0.25, -0.2) is 4.79 Å². The van der Waals surface area contributed by atoms with E-state index < -0.39 is 11.7 Å². The number of rotatable bonds is 6. The van der Waals surface area contributed by atoms with Crippen molar-refractivity contribution in [3.05, 3.63) is 24.3 Å². The molecule has 0 saturated heterocycles. The minimum absolute atomic E-state index is 0.475. The van der Waals surface area contributed by atoms with Crippen molar-refractivity contribution < 1.29 is 19.0 Å². The standard InChI is InChI=1S/C14H20BrNO4/c1-14(2,3)20-13(17)16-11-4-6-12(7-5-11)19-9-8-18-10-15/h4-7H,8-10H2,1-3H3,(H,16,17). The summed E-state index contributed by atoms with van der Waals surface area (Å²) in [5.41, 5.74) is 0.640. The summed E-state index contributed by atoms with van der Waals surface area (Å²) in [4.78, 5) is 11.6. The zero-order valence-corrected chi connectivity index (χ0v) is 13.5. The van der Waals surface area contributed by atoms with Gasteiger partial charge < -0.3 is 14.2 Å².